The van der Waals surface area contributed by atoms with Gasteiger partial charge in [-0.2, -0.15) is 0 Å². The second-order valence-corrected chi connectivity index (χ2v) is 6.52. The lowest BCUT2D eigenvalue weighted by Gasteiger charge is -2.16. The molecule has 1 fully saturated rings. The summed E-state index contributed by atoms with van der Waals surface area (Å²) in [7, 11) is -0.896. The molecule has 0 saturated carbocycles. The van der Waals surface area contributed by atoms with Crippen molar-refractivity contribution in [1.82, 2.24) is 4.72 Å². The molecule has 1 N–H and O–H groups in total. The fourth-order valence-electron chi connectivity index (χ4n) is 2.20. The van der Waals surface area contributed by atoms with Crippen LogP contribution in [0.25, 0.3) is 0 Å². The van der Waals surface area contributed by atoms with Crippen LogP contribution in [0.3, 0.4) is 0 Å². The van der Waals surface area contributed by atoms with Gasteiger partial charge in [-0.15, -0.1) is 0 Å². The third-order valence-electron chi connectivity index (χ3n) is 3.39. The molecule has 1 aliphatic rings. The zero-order valence-corrected chi connectivity index (χ0v) is 12.5. The van der Waals surface area contributed by atoms with E-state index in [0.717, 1.165) is 0 Å². The summed E-state index contributed by atoms with van der Waals surface area (Å²) in [4.78, 5) is 25.0. The van der Waals surface area contributed by atoms with Gasteiger partial charge >= 0.3 is 5.97 Å². The number of ether oxygens (including phenoxy) is 1. The van der Waals surface area contributed by atoms with Crippen LogP contribution in [0.5, 0.6) is 0 Å². The van der Waals surface area contributed by atoms with E-state index in [2.05, 4.69) is 9.46 Å². The first-order chi connectivity index (χ1) is 9.89. The Bertz CT molecular complexity index is 654. The highest BCUT2D eigenvalue weighted by Gasteiger charge is 2.35. The normalized spacial score (nSPS) is 18.9. The van der Waals surface area contributed by atoms with Gasteiger partial charge in [0.1, 0.15) is 0 Å². The summed E-state index contributed by atoms with van der Waals surface area (Å²) in [5.41, 5.74) is 0.557. The fraction of sp³-hybridized carbons (Fsp3) is 0.385. The average molecular weight is 312 g/mol. The number of sulfonamides is 1. The van der Waals surface area contributed by atoms with E-state index in [4.69, 9.17) is 0 Å². The molecule has 0 radical (unpaired) electrons. The van der Waals surface area contributed by atoms with Crippen molar-refractivity contribution >= 4 is 27.6 Å². The van der Waals surface area contributed by atoms with Gasteiger partial charge in [-0.3, -0.25) is 9.59 Å². The number of hydrogen-bond donors (Lipinski definition) is 1. The summed E-state index contributed by atoms with van der Waals surface area (Å²) in [6.45, 7) is 0.240. The molecular formula is C13H16N2O5S. The van der Waals surface area contributed by atoms with Gasteiger partial charge in [-0.1, -0.05) is 0 Å². The van der Waals surface area contributed by atoms with Crippen molar-refractivity contribution in [2.45, 2.75) is 11.3 Å². The van der Waals surface area contributed by atoms with Gasteiger partial charge in [0.15, 0.2) is 0 Å². The van der Waals surface area contributed by atoms with E-state index in [1.165, 1.54) is 31.2 Å². The van der Waals surface area contributed by atoms with Crippen LogP contribution in [0, 0.1) is 5.92 Å². The molecule has 1 aromatic carbocycles. The van der Waals surface area contributed by atoms with Crippen molar-refractivity contribution in [3.63, 3.8) is 0 Å². The smallest absolute Gasteiger partial charge is 0.311 e. The minimum Gasteiger partial charge on any atom is -0.469 e. The van der Waals surface area contributed by atoms with E-state index in [-0.39, 0.29) is 23.8 Å². The molecule has 21 heavy (non-hydrogen) atoms. The Hall–Kier alpha value is -1.93. The molecule has 1 aromatic rings. The van der Waals surface area contributed by atoms with Gasteiger partial charge in [0.2, 0.25) is 15.9 Å². The molecule has 1 atom stereocenters. The molecule has 7 nitrogen and oxygen atoms in total. The molecule has 8 heteroatoms. The van der Waals surface area contributed by atoms with E-state index in [0.29, 0.717) is 5.69 Å². The SMILES string of the molecule is CNS(=O)(=O)c1ccc(N2CC(C(=O)OC)CC2=O)cc1. The summed E-state index contributed by atoms with van der Waals surface area (Å²) < 4.78 is 30.1. The highest BCUT2D eigenvalue weighted by atomic mass is 32.2. The van der Waals surface area contributed by atoms with Crippen LogP contribution in [-0.2, 0) is 24.3 Å². The number of esters is 1. The molecule has 1 unspecified atom stereocenters. The third-order valence-corrected chi connectivity index (χ3v) is 4.82. The predicted molar refractivity (Wildman–Crippen MR) is 75.2 cm³/mol. The van der Waals surface area contributed by atoms with Crippen molar-refractivity contribution in [2.75, 3.05) is 25.6 Å². The Kier molecular flexibility index (Phi) is 4.29. The fourth-order valence-corrected chi connectivity index (χ4v) is 2.93. The predicted octanol–water partition coefficient (Wildman–Crippen LogP) is 0.121. The molecule has 1 saturated heterocycles. The Morgan fingerprint density at radius 3 is 2.48 bits per heavy atom. The van der Waals surface area contributed by atoms with Gasteiger partial charge in [0.05, 0.1) is 17.9 Å². The Morgan fingerprint density at radius 2 is 1.95 bits per heavy atom. The maximum atomic E-state index is 11.9. The number of nitrogens with one attached hydrogen (secondary N) is 1. The minimum absolute atomic E-state index is 0.100. The number of carbonyl (C=O) groups is 2. The standard InChI is InChI=1S/C13H16N2O5S/c1-14-21(18,19)11-5-3-10(4-6-11)15-8-9(7-12(15)16)13(17)20-2/h3-6,9,14H,7-8H2,1-2H3. The number of carbonyl (C=O) groups excluding carboxylic acids is 2. The van der Waals surface area contributed by atoms with Gasteiger partial charge in [0, 0.05) is 18.7 Å². The zero-order valence-electron chi connectivity index (χ0n) is 11.7. The molecule has 2 rings (SSSR count). The van der Waals surface area contributed by atoms with E-state index in [1.54, 1.807) is 12.1 Å². The minimum atomic E-state index is -3.51. The first-order valence-corrected chi connectivity index (χ1v) is 7.79. The van der Waals surface area contributed by atoms with Gasteiger partial charge in [-0.25, -0.2) is 13.1 Å². The lowest BCUT2D eigenvalue weighted by Crippen LogP contribution is -2.26. The van der Waals surface area contributed by atoms with Crippen LogP contribution in [0.2, 0.25) is 0 Å². The molecule has 0 bridgehead atoms. The van der Waals surface area contributed by atoms with Gasteiger partial charge in [-0.05, 0) is 31.3 Å². The summed E-state index contributed by atoms with van der Waals surface area (Å²) >= 11 is 0. The Morgan fingerprint density at radius 1 is 1.33 bits per heavy atom. The number of amides is 1. The monoisotopic (exact) mass is 312 g/mol. The molecule has 1 amide bonds. The van der Waals surface area contributed by atoms with E-state index in [1.807, 2.05) is 0 Å². The zero-order chi connectivity index (χ0) is 15.6. The van der Waals surface area contributed by atoms with Gasteiger partial charge in [0.25, 0.3) is 0 Å². The Labute approximate surface area is 122 Å². The van der Waals surface area contributed by atoms with Crippen LogP contribution in [-0.4, -0.2) is 41.0 Å². The number of hydrogen-bond acceptors (Lipinski definition) is 5. The Balaban J connectivity index is 2.20. The lowest BCUT2D eigenvalue weighted by molar-refractivity contribution is -0.145. The topological polar surface area (TPSA) is 92.8 Å². The summed E-state index contributed by atoms with van der Waals surface area (Å²) in [5, 5.41) is 0. The third kappa shape index (κ3) is 3.06. The highest BCUT2D eigenvalue weighted by molar-refractivity contribution is 7.89. The summed E-state index contributed by atoms with van der Waals surface area (Å²) in [5.74, 6) is -1.09. The number of methoxy groups -OCH3 is 1. The molecule has 0 spiro atoms. The average Bonchev–Trinajstić information content (AvgIpc) is 2.88. The number of anilines is 1. The van der Waals surface area contributed by atoms with Crippen LogP contribution in [0.15, 0.2) is 29.2 Å². The molecule has 0 aromatic heterocycles. The second-order valence-electron chi connectivity index (χ2n) is 4.63. The maximum absolute atomic E-state index is 11.9. The molecule has 114 valence electrons. The van der Waals surface area contributed by atoms with Crippen LogP contribution in [0.1, 0.15) is 6.42 Å². The number of rotatable bonds is 4. The van der Waals surface area contributed by atoms with Crippen molar-refractivity contribution in [2.24, 2.45) is 5.92 Å². The number of benzene rings is 1. The highest BCUT2D eigenvalue weighted by Crippen LogP contribution is 2.26. The maximum Gasteiger partial charge on any atom is 0.311 e. The van der Waals surface area contributed by atoms with Crippen molar-refractivity contribution < 1.29 is 22.7 Å². The van der Waals surface area contributed by atoms with Gasteiger partial charge < -0.3 is 9.64 Å². The first kappa shape index (κ1) is 15.5. The molecular weight excluding hydrogens is 296 g/mol. The van der Waals surface area contributed by atoms with E-state index in [9.17, 15) is 18.0 Å². The molecule has 1 heterocycles. The van der Waals surface area contributed by atoms with Crippen LogP contribution in [0.4, 0.5) is 5.69 Å². The van der Waals surface area contributed by atoms with Crippen molar-refractivity contribution in [3.8, 4) is 0 Å². The van der Waals surface area contributed by atoms with Crippen molar-refractivity contribution in [1.29, 1.82) is 0 Å². The molecule has 1 aliphatic heterocycles. The number of nitrogens with zero attached hydrogens (tertiary/aromatic N) is 1. The van der Waals surface area contributed by atoms with E-state index >= 15 is 0 Å². The molecule has 0 aliphatic carbocycles. The quantitative estimate of drug-likeness (QED) is 0.797. The largest absolute Gasteiger partial charge is 0.469 e. The van der Waals surface area contributed by atoms with Crippen molar-refractivity contribution in [3.05, 3.63) is 24.3 Å². The van der Waals surface area contributed by atoms with E-state index < -0.39 is 21.9 Å². The summed E-state index contributed by atoms with van der Waals surface area (Å²) in [6.07, 6.45) is 0.100. The first-order valence-electron chi connectivity index (χ1n) is 6.31. The summed E-state index contributed by atoms with van der Waals surface area (Å²) in [6, 6.07) is 5.92. The van der Waals surface area contributed by atoms with Crippen LogP contribution >= 0.6 is 0 Å². The lowest BCUT2D eigenvalue weighted by atomic mass is 10.1. The van der Waals surface area contributed by atoms with Crippen LogP contribution < -0.4 is 9.62 Å². The second kappa shape index (κ2) is 5.82.